The van der Waals surface area contributed by atoms with Gasteiger partial charge in [0.05, 0.1) is 0 Å². The second-order valence-electron chi connectivity index (χ2n) is 7.21. The Balaban J connectivity index is 1.52. The predicted octanol–water partition coefficient (Wildman–Crippen LogP) is 0.990. The lowest BCUT2D eigenvalue weighted by Gasteiger charge is -2.32. The molecule has 26 heavy (non-hydrogen) atoms. The van der Waals surface area contributed by atoms with E-state index in [1.165, 1.54) is 0 Å². The van der Waals surface area contributed by atoms with E-state index in [0.717, 1.165) is 62.2 Å². The summed E-state index contributed by atoms with van der Waals surface area (Å²) in [5.74, 6) is 0.542. The van der Waals surface area contributed by atoms with E-state index >= 15 is 0 Å². The van der Waals surface area contributed by atoms with Crippen molar-refractivity contribution in [1.29, 1.82) is 0 Å². The number of aromatic nitrogens is 4. The molecular weight excluding hydrogens is 332 g/mol. The number of nitrogens with two attached hydrogens (primary N) is 1. The molecule has 8 nitrogen and oxygen atoms in total. The molecule has 2 aromatic heterocycles. The summed E-state index contributed by atoms with van der Waals surface area (Å²) in [5.41, 5.74) is 8.12. The summed E-state index contributed by atoms with van der Waals surface area (Å²) >= 11 is 0. The largest absolute Gasteiger partial charge is 0.368 e. The van der Waals surface area contributed by atoms with Gasteiger partial charge in [-0.05, 0) is 38.5 Å². The maximum Gasteiger partial charge on any atom is 0.274 e. The minimum atomic E-state index is -0.392. The standard InChI is InChI=1S/C18H24N6O2/c19-15(25)11-23-9-7-20-17(23)12-4-3-8-24(10-12)18(26)16-13-5-1-2-6-14(13)21-22-16/h7,9,12H,1-6,8,10-11H2,(H2,19,25)(H,21,22). The number of H-pyrrole nitrogens is 1. The van der Waals surface area contributed by atoms with Crippen molar-refractivity contribution in [2.24, 2.45) is 5.73 Å². The van der Waals surface area contributed by atoms with E-state index in [1.807, 2.05) is 4.90 Å². The van der Waals surface area contributed by atoms with Gasteiger partial charge >= 0.3 is 0 Å². The zero-order valence-corrected chi connectivity index (χ0v) is 14.8. The number of hydrogen-bond donors (Lipinski definition) is 2. The van der Waals surface area contributed by atoms with Gasteiger partial charge in [-0.25, -0.2) is 4.98 Å². The molecule has 8 heteroatoms. The molecule has 0 radical (unpaired) electrons. The Labute approximate surface area is 151 Å². The molecule has 2 aromatic rings. The highest BCUT2D eigenvalue weighted by atomic mass is 16.2. The summed E-state index contributed by atoms with van der Waals surface area (Å²) in [7, 11) is 0. The van der Waals surface area contributed by atoms with Gasteiger partial charge in [0.2, 0.25) is 5.91 Å². The van der Waals surface area contributed by atoms with Gasteiger partial charge in [0.25, 0.3) is 5.91 Å². The predicted molar refractivity (Wildman–Crippen MR) is 94.5 cm³/mol. The van der Waals surface area contributed by atoms with E-state index in [2.05, 4.69) is 15.2 Å². The molecule has 1 aliphatic heterocycles. The number of primary amides is 1. The zero-order chi connectivity index (χ0) is 18.1. The molecule has 1 atom stereocenters. The van der Waals surface area contributed by atoms with Crippen molar-refractivity contribution in [3.05, 3.63) is 35.2 Å². The first-order valence-electron chi connectivity index (χ1n) is 9.28. The molecule has 2 aliphatic rings. The molecule has 138 valence electrons. The molecule has 3 heterocycles. The van der Waals surface area contributed by atoms with Crippen LogP contribution >= 0.6 is 0 Å². The molecule has 2 amide bonds. The molecule has 1 unspecified atom stereocenters. The Morgan fingerprint density at radius 3 is 2.96 bits per heavy atom. The molecule has 0 spiro atoms. The summed E-state index contributed by atoms with van der Waals surface area (Å²) in [6.45, 7) is 1.44. The van der Waals surface area contributed by atoms with Gasteiger partial charge in [0, 0.05) is 42.7 Å². The Morgan fingerprint density at radius 2 is 2.12 bits per heavy atom. The van der Waals surface area contributed by atoms with E-state index < -0.39 is 5.91 Å². The SMILES string of the molecule is NC(=O)Cn1ccnc1C1CCCN(C(=O)c2n[nH]c3c2CCCC3)C1. The number of likely N-dealkylation sites (tertiary alicyclic amines) is 1. The van der Waals surface area contributed by atoms with E-state index in [1.54, 1.807) is 17.0 Å². The van der Waals surface area contributed by atoms with Crippen LogP contribution in [-0.2, 0) is 24.2 Å². The number of rotatable bonds is 4. The lowest BCUT2D eigenvalue weighted by molar-refractivity contribution is -0.118. The molecular formula is C18H24N6O2. The number of hydrogen-bond acceptors (Lipinski definition) is 4. The molecule has 0 bridgehead atoms. The highest BCUT2D eigenvalue weighted by molar-refractivity contribution is 5.94. The number of aromatic amines is 1. The molecule has 3 N–H and O–H groups in total. The number of nitrogens with zero attached hydrogens (tertiary/aromatic N) is 4. The van der Waals surface area contributed by atoms with E-state index in [0.29, 0.717) is 12.2 Å². The number of nitrogens with one attached hydrogen (secondary N) is 1. The van der Waals surface area contributed by atoms with Crippen molar-refractivity contribution in [2.45, 2.75) is 51.0 Å². The van der Waals surface area contributed by atoms with Crippen molar-refractivity contribution in [3.63, 3.8) is 0 Å². The first-order valence-corrected chi connectivity index (χ1v) is 9.28. The second-order valence-corrected chi connectivity index (χ2v) is 7.21. The van der Waals surface area contributed by atoms with Crippen LogP contribution in [0.4, 0.5) is 0 Å². The Hall–Kier alpha value is -2.64. The Kier molecular flexibility index (Phi) is 4.48. The topological polar surface area (TPSA) is 110 Å². The minimum absolute atomic E-state index is 0.00195. The van der Waals surface area contributed by atoms with Gasteiger partial charge in [-0.15, -0.1) is 0 Å². The van der Waals surface area contributed by atoms with Crippen LogP contribution < -0.4 is 5.73 Å². The molecule has 0 saturated carbocycles. The first kappa shape index (κ1) is 16.8. The number of aryl methyl sites for hydroxylation is 1. The van der Waals surface area contributed by atoms with Gasteiger partial charge in [0.1, 0.15) is 12.4 Å². The zero-order valence-electron chi connectivity index (χ0n) is 14.8. The lowest BCUT2D eigenvalue weighted by Crippen LogP contribution is -2.40. The number of fused-ring (bicyclic) bond motifs is 1. The van der Waals surface area contributed by atoms with Crippen molar-refractivity contribution < 1.29 is 9.59 Å². The smallest absolute Gasteiger partial charge is 0.274 e. The normalized spacial score (nSPS) is 20.0. The van der Waals surface area contributed by atoms with E-state index in [4.69, 9.17) is 5.73 Å². The van der Waals surface area contributed by atoms with Crippen LogP contribution in [0.15, 0.2) is 12.4 Å². The average Bonchev–Trinajstić information content (AvgIpc) is 3.27. The summed E-state index contributed by atoms with van der Waals surface area (Å²) in [4.78, 5) is 30.6. The van der Waals surface area contributed by atoms with Crippen LogP contribution in [-0.4, -0.2) is 49.6 Å². The number of carbonyl (C=O) groups excluding carboxylic acids is 2. The van der Waals surface area contributed by atoms with Crippen molar-refractivity contribution in [3.8, 4) is 0 Å². The van der Waals surface area contributed by atoms with E-state index in [-0.39, 0.29) is 18.4 Å². The van der Waals surface area contributed by atoms with Crippen LogP contribution in [0.2, 0.25) is 0 Å². The van der Waals surface area contributed by atoms with E-state index in [9.17, 15) is 9.59 Å². The van der Waals surface area contributed by atoms with Crippen molar-refractivity contribution in [2.75, 3.05) is 13.1 Å². The van der Waals surface area contributed by atoms with Gasteiger partial charge in [-0.2, -0.15) is 5.10 Å². The quantitative estimate of drug-likeness (QED) is 0.851. The molecule has 4 rings (SSSR count). The molecule has 1 saturated heterocycles. The average molecular weight is 356 g/mol. The maximum absolute atomic E-state index is 13.1. The van der Waals surface area contributed by atoms with Gasteiger partial charge < -0.3 is 15.2 Å². The fourth-order valence-corrected chi connectivity index (χ4v) is 4.16. The number of carbonyl (C=O) groups is 2. The van der Waals surface area contributed by atoms with Gasteiger partial charge in [-0.3, -0.25) is 14.7 Å². The number of amides is 2. The van der Waals surface area contributed by atoms with Crippen LogP contribution in [0.1, 0.15) is 59.2 Å². The summed E-state index contributed by atoms with van der Waals surface area (Å²) < 4.78 is 1.79. The molecule has 1 aliphatic carbocycles. The number of imidazole rings is 1. The fraction of sp³-hybridized carbons (Fsp3) is 0.556. The maximum atomic E-state index is 13.1. The van der Waals surface area contributed by atoms with Crippen LogP contribution in [0.25, 0.3) is 0 Å². The number of piperidine rings is 1. The third-order valence-electron chi connectivity index (χ3n) is 5.41. The fourth-order valence-electron chi connectivity index (χ4n) is 4.16. The summed E-state index contributed by atoms with van der Waals surface area (Å²) in [6, 6.07) is 0. The summed E-state index contributed by atoms with van der Waals surface area (Å²) in [5, 5.41) is 7.37. The highest BCUT2D eigenvalue weighted by Crippen LogP contribution is 2.28. The van der Waals surface area contributed by atoms with Gasteiger partial charge in [0.15, 0.2) is 5.69 Å². The van der Waals surface area contributed by atoms with Crippen LogP contribution in [0.3, 0.4) is 0 Å². The van der Waals surface area contributed by atoms with Gasteiger partial charge in [-0.1, -0.05) is 0 Å². The molecule has 0 aromatic carbocycles. The first-order chi connectivity index (χ1) is 12.6. The molecule has 1 fully saturated rings. The van der Waals surface area contributed by atoms with Crippen LogP contribution in [0.5, 0.6) is 0 Å². The summed E-state index contributed by atoms with van der Waals surface area (Å²) in [6.07, 6.45) is 9.46. The highest BCUT2D eigenvalue weighted by Gasteiger charge is 2.31. The Morgan fingerprint density at radius 1 is 1.27 bits per heavy atom. The Bertz CT molecular complexity index is 824. The third-order valence-corrected chi connectivity index (χ3v) is 5.41. The minimum Gasteiger partial charge on any atom is -0.368 e. The van der Waals surface area contributed by atoms with Crippen molar-refractivity contribution >= 4 is 11.8 Å². The third kappa shape index (κ3) is 3.11. The van der Waals surface area contributed by atoms with Crippen molar-refractivity contribution in [1.82, 2.24) is 24.6 Å². The monoisotopic (exact) mass is 356 g/mol. The van der Waals surface area contributed by atoms with Crippen LogP contribution in [0, 0.1) is 0 Å². The second kappa shape index (κ2) is 6.93. The lowest BCUT2D eigenvalue weighted by atomic mass is 9.94.